The summed E-state index contributed by atoms with van der Waals surface area (Å²) in [6.07, 6.45) is 1.28. The number of carbonyl (C=O) groups excluding carboxylic acids is 2. The molecule has 2 aromatic carbocycles. The Morgan fingerprint density at radius 1 is 1.03 bits per heavy atom. The van der Waals surface area contributed by atoms with Gasteiger partial charge >= 0.3 is 0 Å². The molecule has 0 heterocycles. The van der Waals surface area contributed by atoms with E-state index in [4.69, 9.17) is 32.7 Å². The Labute approximate surface area is 235 Å². The molecule has 1 N–H and O–H groups in total. The number of amides is 2. The highest BCUT2D eigenvalue weighted by Crippen LogP contribution is 2.34. The smallest absolute Gasteiger partial charge is 0.244 e. The van der Waals surface area contributed by atoms with Crippen LogP contribution in [0.1, 0.15) is 39.7 Å². The average molecular weight is 589 g/mol. The van der Waals surface area contributed by atoms with Gasteiger partial charge in [-0.3, -0.25) is 13.9 Å². The number of sulfonamides is 1. The normalized spacial score (nSPS) is 12.4. The first-order chi connectivity index (χ1) is 17.6. The van der Waals surface area contributed by atoms with Gasteiger partial charge in [0.15, 0.2) is 0 Å². The Balaban J connectivity index is 2.57. The Morgan fingerprint density at radius 3 is 2.18 bits per heavy atom. The van der Waals surface area contributed by atoms with E-state index in [0.29, 0.717) is 21.4 Å². The molecule has 0 aliphatic carbocycles. The van der Waals surface area contributed by atoms with Crippen LogP contribution in [0.5, 0.6) is 11.5 Å². The quantitative estimate of drug-likeness (QED) is 0.415. The van der Waals surface area contributed by atoms with Crippen LogP contribution in [0, 0.1) is 0 Å². The first-order valence-electron chi connectivity index (χ1n) is 11.9. The van der Waals surface area contributed by atoms with Gasteiger partial charge in [0.05, 0.1) is 36.2 Å². The van der Waals surface area contributed by atoms with Crippen molar-refractivity contribution in [2.75, 3.05) is 31.3 Å². The summed E-state index contributed by atoms with van der Waals surface area (Å²) in [5.41, 5.74) is 0.208. The molecule has 38 heavy (non-hydrogen) atoms. The topological polar surface area (TPSA) is 105 Å². The Bertz CT molecular complexity index is 1260. The number of methoxy groups -OCH3 is 2. The number of hydrogen-bond donors (Lipinski definition) is 1. The molecule has 0 radical (unpaired) electrons. The lowest BCUT2D eigenvalue weighted by molar-refractivity contribution is -0.141. The van der Waals surface area contributed by atoms with Crippen molar-refractivity contribution in [3.8, 4) is 11.5 Å². The summed E-state index contributed by atoms with van der Waals surface area (Å²) in [4.78, 5) is 28.5. The van der Waals surface area contributed by atoms with Gasteiger partial charge in [0, 0.05) is 18.2 Å². The molecule has 0 bridgehead atoms. The first-order valence-corrected chi connectivity index (χ1v) is 14.5. The van der Waals surface area contributed by atoms with Crippen LogP contribution in [0.2, 0.25) is 10.0 Å². The molecule has 0 aliphatic rings. The molecule has 2 rings (SSSR count). The molecule has 2 aromatic rings. The second-order valence-corrected chi connectivity index (χ2v) is 12.5. The highest BCUT2D eigenvalue weighted by molar-refractivity contribution is 7.92. The van der Waals surface area contributed by atoms with Gasteiger partial charge in [0.2, 0.25) is 21.8 Å². The fraction of sp³-hybridized carbons (Fsp3) is 0.462. The molecular formula is C26H35Cl2N3O6S. The van der Waals surface area contributed by atoms with Crippen molar-refractivity contribution in [3.63, 3.8) is 0 Å². The monoisotopic (exact) mass is 587 g/mol. The van der Waals surface area contributed by atoms with Crippen LogP contribution in [0.15, 0.2) is 36.4 Å². The van der Waals surface area contributed by atoms with Gasteiger partial charge in [-0.1, -0.05) is 36.2 Å². The molecular weight excluding hydrogens is 553 g/mol. The second kappa shape index (κ2) is 12.9. The van der Waals surface area contributed by atoms with Crippen LogP contribution < -0.4 is 19.1 Å². The summed E-state index contributed by atoms with van der Waals surface area (Å²) < 4.78 is 37.4. The lowest BCUT2D eigenvalue weighted by atomic mass is 10.1. The number of ether oxygens (including phenoxy) is 2. The van der Waals surface area contributed by atoms with Crippen molar-refractivity contribution in [1.82, 2.24) is 10.2 Å². The average Bonchev–Trinajstić information content (AvgIpc) is 2.82. The highest BCUT2D eigenvalue weighted by atomic mass is 35.5. The van der Waals surface area contributed by atoms with Gasteiger partial charge in [-0.05, 0) is 57.0 Å². The Morgan fingerprint density at radius 2 is 1.68 bits per heavy atom. The van der Waals surface area contributed by atoms with Crippen LogP contribution in [0.4, 0.5) is 5.69 Å². The van der Waals surface area contributed by atoms with E-state index in [0.717, 1.165) is 10.6 Å². The molecule has 0 saturated carbocycles. The Kier molecular flexibility index (Phi) is 10.7. The standard InChI is InChI=1S/C26H35Cl2N3O6S/c1-8-21(25(33)29-26(2,3)4)30(15-17-9-11-19(27)20(28)13-17)24(32)16-31(38(7,34)35)22-14-18(36-5)10-12-23(22)37-6/h9-14,21H,8,15-16H2,1-7H3,(H,29,33)/t21-/m0/s1. The first kappa shape index (κ1) is 31.5. The lowest BCUT2D eigenvalue weighted by Crippen LogP contribution is -2.55. The van der Waals surface area contributed by atoms with E-state index in [-0.39, 0.29) is 30.3 Å². The van der Waals surface area contributed by atoms with Crippen molar-refractivity contribution < 1.29 is 27.5 Å². The summed E-state index contributed by atoms with van der Waals surface area (Å²) in [6, 6.07) is 8.66. The van der Waals surface area contributed by atoms with Gasteiger partial charge in [-0.15, -0.1) is 0 Å². The Hall–Kier alpha value is -2.69. The van der Waals surface area contributed by atoms with E-state index < -0.39 is 34.1 Å². The summed E-state index contributed by atoms with van der Waals surface area (Å²) in [6.45, 7) is 6.71. The number of anilines is 1. The SMILES string of the molecule is CC[C@@H](C(=O)NC(C)(C)C)N(Cc1ccc(Cl)c(Cl)c1)C(=O)CN(c1cc(OC)ccc1OC)S(C)(=O)=O. The predicted octanol–water partition coefficient (Wildman–Crippen LogP) is 4.50. The molecule has 1 atom stereocenters. The predicted molar refractivity (Wildman–Crippen MR) is 151 cm³/mol. The van der Waals surface area contributed by atoms with Crippen LogP contribution >= 0.6 is 23.2 Å². The van der Waals surface area contributed by atoms with Crippen molar-refractivity contribution in [3.05, 3.63) is 52.0 Å². The zero-order valence-corrected chi connectivity index (χ0v) is 25.0. The molecule has 2 amide bonds. The largest absolute Gasteiger partial charge is 0.497 e. The van der Waals surface area contributed by atoms with E-state index in [1.165, 1.54) is 25.2 Å². The number of rotatable bonds is 11. The number of carbonyl (C=O) groups is 2. The lowest BCUT2D eigenvalue weighted by Gasteiger charge is -2.34. The summed E-state index contributed by atoms with van der Waals surface area (Å²) in [5, 5.41) is 3.55. The fourth-order valence-electron chi connectivity index (χ4n) is 3.79. The zero-order chi connectivity index (χ0) is 28.8. The minimum atomic E-state index is -3.96. The van der Waals surface area contributed by atoms with Crippen LogP contribution in [-0.4, -0.2) is 63.7 Å². The third-order valence-electron chi connectivity index (χ3n) is 5.55. The molecule has 0 aliphatic heterocycles. The van der Waals surface area contributed by atoms with Crippen molar-refractivity contribution in [2.45, 2.75) is 52.2 Å². The number of benzene rings is 2. The van der Waals surface area contributed by atoms with Gasteiger partial charge in [0.25, 0.3) is 0 Å². The molecule has 0 aromatic heterocycles. The third-order valence-corrected chi connectivity index (χ3v) is 7.42. The molecule has 0 saturated heterocycles. The van der Waals surface area contributed by atoms with E-state index in [2.05, 4.69) is 5.32 Å². The maximum atomic E-state index is 13.9. The maximum absolute atomic E-state index is 13.9. The molecule has 0 fully saturated rings. The summed E-state index contributed by atoms with van der Waals surface area (Å²) in [5.74, 6) is -0.344. The van der Waals surface area contributed by atoms with E-state index >= 15 is 0 Å². The minimum Gasteiger partial charge on any atom is -0.497 e. The fourth-order valence-corrected chi connectivity index (χ4v) is 4.96. The molecule has 210 valence electrons. The van der Waals surface area contributed by atoms with Crippen molar-refractivity contribution in [2.24, 2.45) is 0 Å². The number of nitrogens with zero attached hydrogens (tertiary/aromatic N) is 2. The summed E-state index contributed by atoms with van der Waals surface area (Å²) >= 11 is 12.3. The maximum Gasteiger partial charge on any atom is 0.244 e. The number of nitrogens with one attached hydrogen (secondary N) is 1. The molecule has 0 unspecified atom stereocenters. The molecule has 12 heteroatoms. The van der Waals surface area contributed by atoms with E-state index in [9.17, 15) is 18.0 Å². The van der Waals surface area contributed by atoms with Crippen LogP contribution in [-0.2, 0) is 26.2 Å². The summed E-state index contributed by atoms with van der Waals surface area (Å²) in [7, 11) is -1.12. The zero-order valence-electron chi connectivity index (χ0n) is 22.7. The number of hydrogen-bond acceptors (Lipinski definition) is 6. The van der Waals surface area contributed by atoms with Crippen molar-refractivity contribution >= 4 is 50.7 Å². The highest BCUT2D eigenvalue weighted by Gasteiger charge is 2.34. The van der Waals surface area contributed by atoms with Crippen LogP contribution in [0.25, 0.3) is 0 Å². The molecule has 0 spiro atoms. The minimum absolute atomic E-state index is 0.00135. The van der Waals surface area contributed by atoms with Gasteiger partial charge in [-0.2, -0.15) is 0 Å². The van der Waals surface area contributed by atoms with E-state index in [1.807, 2.05) is 20.8 Å². The van der Waals surface area contributed by atoms with Gasteiger partial charge < -0.3 is 19.7 Å². The van der Waals surface area contributed by atoms with Crippen LogP contribution in [0.3, 0.4) is 0 Å². The molecule has 9 nitrogen and oxygen atoms in total. The third kappa shape index (κ3) is 8.41. The van der Waals surface area contributed by atoms with Gasteiger partial charge in [-0.25, -0.2) is 8.42 Å². The van der Waals surface area contributed by atoms with Gasteiger partial charge in [0.1, 0.15) is 24.1 Å². The second-order valence-electron chi connectivity index (χ2n) is 9.74. The van der Waals surface area contributed by atoms with Crippen molar-refractivity contribution in [1.29, 1.82) is 0 Å². The number of halogens is 2. The van der Waals surface area contributed by atoms with E-state index in [1.54, 1.807) is 37.3 Å².